The zero-order valence-electron chi connectivity index (χ0n) is 13.4. The van der Waals surface area contributed by atoms with Crippen molar-refractivity contribution in [2.45, 2.75) is 13.1 Å². The van der Waals surface area contributed by atoms with Gasteiger partial charge in [-0.3, -0.25) is 9.59 Å². The van der Waals surface area contributed by atoms with Crippen LogP contribution in [0.25, 0.3) is 16.5 Å². The maximum atomic E-state index is 12.3. The molecule has 0 saturated heterocycles. The van der Waals surface area contributed by atoms with E-state index in [1.165, 1.54) is 13.4 Å². The van der Waals surface area contributed by atoms with Crippen molar-refractivity contribution >= 4 is 28.3 Å². The van der Waals surface area contributed by atoms with Gasteiger partial charge in [0.1, 0.15) is 12.0 Å². The minimum absolute atomic E-state index is 0.157. The summed E-state index contributed by atoms with van der Waals surface area (Å²) >= 11 is 0. The topological polar surface area (TPSA) is 84.0 Å². The lowest BCUT2D eigenvalue weighted by molar-refractivity contribution is -0.173. The van der Waals surface area contributed by atoms with Gasteiger partial charge in [0, 0.05) is 24.5 Å². The monoisotopic (exact) mass is 352 g/mol. The van der Waals surface area contributed by atoms with E-state index in [0.717, 1.165) is 0 Å². The highest BCUT2D eigenvalue weighted by Gasteiger charge is 2.38. The Morgan fingerprint density at radius 3 is 2.56 bits per heavy atom. The molecule has 1 aromatic carbocycles. The molecule has 1 heterocycles. The summed E-state index contributed by atoms with van der Waals surface area (Å²) in [5.74, 6) is -2.43. The minimum Gasteiger partial charge on any atom is -0.354 e. The van der Waals surface area contributed by atoms with Crippen LogP contribution < -0.4 is 10.6 Å². The molecule has 0 radical (unpaired) electrons. The lowest BCUT2D eigenvalue weighted by Gasteiger charge is -2.13. The van der Waals surface area contributed by atoms with E-state index in [1.807, 2.05) is 5.32 Å². The summed E-state index contributed by atoms with van der Waals surface area (Å²) in [4.78, 5) is 31.0. The lowest BCUT2D eigenvalue weighted by Crippen LogP contribution is -2.37. The predicted octanol–water partition coefficient (Wildman–Crippen LogP) is 2.07. The number of benzene rings is 1. The second kappa shape index (κ2) is 7.29. The molecule has 6 nitrogen and oxygen atoms in total. The molecule has 0 aliphatic rings. The summed E-state index contributed by atoms with van der Waals surface area (Å²) in [5, 5.41) is 4.76. The maximum Gasteiger partial charge on any atom is 0.471 e. The zero-order chi connectivity index (χ0) is 18.6. The Kier molecular flexibility index (Phi) is 5.35. The van der Waals surface area contributed by atoms with Gasteiger partial charge >= 0.3 is 12.1 Å². The van der Waals surface area contributed by atoms with Crippen molar-refractivity contribution in [3.8, 4) is 0 Å². The average molecular weight is 352 g/mol. The normalized spacial score (nSPS) is 12.1. The molecule has 0 unspecified atom stereocenters. The number of carbonyl (C=O) groups excluding carboxylic acids is 2. The van der Waals surface area contributed by atoms with Crippen molar-refractivity contribution < 1.29 is 22.8 Å². The first-order chi connectivity index (χ1) is 11.8. The molecule has 2 aromatic rings. The van der Waals surface area contributed by atoms with Gasteiger partial charge in [-0.25, -0.2) is 9.97 Å². The van der Waals surface area contributed by atoms with Gasteiger partial charge in [0.25, 0.3) is 5.91 Å². The summed E-state index contributed by atoms with van der Waals surface area (Å²) in [6.45, 7) is 1.31. The smallest absolute Gasteiger partial charge is 0.354 e. The van der Waals surface area contributed by atoms with Gasteiger partial charge in [-0.1, -0.05) is 24.3 Å². The SMILES string of the molecule is C/C=C(\CNC(=O)C(F)(F)F)c1cccc2c(C(=O)NC)ncnc12. The van der Waals surface area contributed by atoms with Crippen LogP contribution in [-0.2, 0) is 4.79 Å². The second-order valence-corrected chi connectivity index (χ2v) is 5.00. The van der Waals surface area contributed by atoms with Gasteiger partial charge in [-0.05, 0) is 12.5 Å². The number of aromatic nitrogens is 2. The number of rotatable bonds is 4. The van der Waals surface area contributed by atoms with Crippen LogP contribution >= 0.6 is 0 Å². The third-order valence-electron chi connectivity index (χ3n) is 3.50. The number of nitrogens with one attached hydrogen (secondary N) is 2. The number of nitrogens with zero attached hydrogens (tertiary/aromatic N) is 2. The second-order valence-electron chi connectivity index (χ2n) is 5.00. The molecule has 1 aromatic heterocycles. The lowest BCUT2D eigenvalue weighted by atomic mass is 10.0. The molecule has 0 saturated carbocycles. The molecule has 2 amide bonds. The van der Waals surface area contributed by atoms with Crippen molar-refractivity contribution in [2.75, 3.05) is 13.6 Å². The Hall–Kier alpha value is -2.97. The molecule has 0 fully saturated rings. The highest BCUT2D eigenvalue weighted by Crippen LogP contribution is 2.25. The third-order valence-corrected chi connectivity index (χ3v) is 3.50. The molecule has 0 aliphatic heterocycles. The van der Waals surface area contributed by atoms with Crippen molar-refractivity contribution in [1.29, 1.82) is 0 Å². The summed E-state index contributed by atoms with van der Waals surface area (Å²) in [5.41, 5.74) is 1.51. The quantitative estimate of drug-likeness (QED) is 0.882. The highest BCUT2D eigenvalue weighted by atomic mass is 19.4. The molecule has 0 bridgehead atoms. The largest absolute Gasteiger partial charge is 0.471 e. The first-order valence-electron chi connectivity index (χ1n) is 7.26. The summed E-state index contributed by atoms with van der Waals surface area (Å²) < 4.78 is 37.0. The van der Waals surface area contributed by atoms with E-state index in [9.17, 15) is 22.8 Å². The number of allylic oxidation sites excluding steroid dienone is 1. The molecule has 25 heavy (non-hydrogen) atoms. The van der Waals surface area contributed by atoms with Crippen molar-refractivity contribution in [3.63, 3.8) is 0 Å². The Morgan fingerprint density at radius 1 is 1.24 bits per heavy atom. The minimum atomic E-state index is -4.95. The zero-order valence-corrected chi connectivity index (χ0v) is 13.4. The first kappa shape index (κ1) is 18.4. The Balaban J connectivity index is 2.42. The number of hydrogen-bond donors (Lipinski definition) is 2. The highest BCUT2D eigenvalue weighted by molar-refractivity contribution is 6.06. The average Bonchev–Trinajstić information content (AvgIpc) is 2.60. The van der Waals surface area contributed by atoms with Gasteiger partial charge in [-0.15, -0.1) is 0 Å². The number of fused-ring (bicyclic) bond motifs is 1. The Labute approximate surface area is 141 Å². The van der Waals surface area contributed by atoms with E-state index in [2.05, 4.69) is 15.3 Å². The van der Waals surface area contributed by atoms with E-state index in [1.54, 1.807) is 31.2 Å². The van der Waals surface area contributed by atoms with Gasteiger partial charge in [0.15, 0.2) is 0 Å². The molecule has 9 heteroatoms. The molecule has 0 aliphatic carbocycles. The molecular weight excluding hydrogens is 337 g/mol. The van der Waals surface area contributed by atoms with E-state index in [-0.39, 0.29) is 12.2 Å². The van der Waals surface area contributed by atoms with Crippen molar-refractivity contribution in [2.24, 2.45) is 0 Å². The summed E-state index contributed by atoms with van der Waals surface area (Å²) in [6.07, 6.45) is -2.17. The fourth-order valence-corrected chi connectivity index (χ4v) is 2.27. The maximum absolute atomic E-state index is 12.3. The van der Waals surface area contributed by atoms with Crippen LogP contribution in [0.5, 0.6) is 0 Å². The Morgan fingerprint density at radius 2 is 1.96 bits per heavy atom. The molecule has 2 N–H and O–H groups in total. The van der Waals surface area contributed by atoms with E-state index < -0.39 is 18.0 Å². The van der Waals surface area contributed by atoms with Crippen molar-refractivity contribution in [3.05, 3.63) is 41.9 Å². The number of alkyl halides is 3. The van der Waals surface area contributed by atoms with Crippen LogP contribution in [0.4, 0.5) is 13.2 Å². The van der Waals surface area contributed by atoms with Gasteiger partial charge < -0.3 is 10.6 Å². The number of halogens is 3. The molecule has 132 valence electrons. The fourth-order valence-electron chi connectivity index (χ4n) is 2.27. The van der Waals surface area contributed by atoms with Crippen LogP contribution in [0.2, 0.25) is 0 Å². The number of para-hydroxylation sites is 1. The van der Waals surface area contributed by atoms with Crippen LogP contribution in [0.3, 0.4) is 0 Å². The van der Waals surface area contributed by atoms with E-state index >= 15 is 0 Å². The fraction of sp³-hybridized carbons (Fsp3) is 0.250. The number of carbonyl (C=O) groups is 2. The number of hydrogen-bond acceptors (Lipinski definition) is 4. The summed E-state index contributed by atoms with van der Waals surface area (Å²) in [7, 11) is 1.46. The third kappa shape index (κ3) is 3.93. The molecule has 0 spiro atoms. The van der Waals surface area contributed by atoms with Crippen LogP contribution in [0, 0.1) is 0 Å². The van der Waals surface area contributed by atoms with E-state index in [0.29, 0.717) is 22.0 Å². The van der Waals surface area contributed by atoms with Gasteiger partial charge in [0.05, 0.1) is 5.52 Å². The molecule has 2 rings (SSSR count). The van der Waals surface area contributed by atoms with Crippen molar-refractivity contribution in [1.82, 2.24) is 20.6 Å². The molecular formula is C16H15F3N4O2. The number of amides is 2. The van der Waals surface area contributed by atoms with Gasteiger partial charge in [-0.2, -0.15) is 13.2 Å². The van der Waals surface area contributed by atoms with Crippen LogP contribution in [0.15, 0.2) is 30.6 Å². The van der Waals surface area contributed by atoms with Crippen LogP contribution in [0.1, 0.15) is 23.0 Å². The standard InChI is InChI=1S/C16H15F3N4O2/c1-3-9(7-21-15(25)16(17,18)19)10-5-4-6-11-12(10)22-8-23-13(11)14(24)20-2/h3-6,8H,7H2,1-2H3,(H,20,24)(H,21,25)/b9-3+. The van der Waals surface area contributed by atoms with E-state index in [4.69, 9.17) is 0 Å². The summed E-state index contributed by atoms with van der Waals surface area (Å²) in [6, 6.07) is 4.94. The predicted molar refractivity (Wildman–Crippen MR) is 85.6 cm³/mol. The first-order valence-corrected chi connectivity index (χ1v) is 7.26. The van der Waals surface area contributed by atoms with Crippen LogP contribution in [-0.4, -0.2) is 41.6 Å². The molecule has 0 atom stereocenters. The van der Waals surface area contributed by atoms with Gasteiger partial charge in [0.2, 0.25) is 0 Å². The Bertz CT molecular complexity index is 847.